The lowest BCUT2D eigenvalue weighted by Crippen LogP contribution is -2.06. The largest absolute Gasteiger partial charge is 0.381 e. The Morgan fingerprint density at radius 2 is 1.73 bits per heavy atom. The van der Waals surface area contributed by atoms with E-state index >= 15 is 0 Å². The van der Waals surface area contributed by atoms with E-state index in [9.17, 15) is 0 Å². The first-order valence-electron chi connectivity index (χ1n) is 9.67. The lowest BCUT2D eigenvalue weighted by atomic mass is 9.93. The highest BCUT2D eigenvalue weighted by atomic mass is 14.8. The highest BCUT2D eigenvalue weighted by Crippen LogP contribution is 2.35. The second-order valence-corrected chi connectivity index (χ2v) is 6.83. The van der Waals surface area contributed by atoms with E-state index in [0.717, 1.165) is 17.2 Å². The van der Waals surface area contributed by atoms with Crippen molar-refractivity contribution >= 4 is 5.57 Å². The lowest BCUT2D eigenvalue weighted by Gasteiger charge is -2.13. The summed E-state index contributed by atoms with van der Waals surface area (Å²) in [6.07, 6.45) is 9.55. The molecule has 1 aliphatic carbocycles. The van der Waals surface area contributed by atoms with Gasteiger partial charge < -0.3 is 5.32 Å². The second-order valence-electron chi connectivity index (χ2n) is 6.83. The smallest absolute Gasteiger partial charge is 0.0883 e. The summed E-state index contributed by atoms with van der Waals surface area (Å²) in [5.74, 6) is 3.63. The SMILES string of the molecule is C#C/C(NC)=C(/C)c1cc(CC2CC2)cc(-c2ccc(C)cc2)c1.CC. The number of hydrogen-bond acceptors (Lipinski definition) is 1. The third kappa shape index (κ3) is 5.02. The van der Waals surface area contributed by atoms with Gasteiger partial charge in [0.1, 0.15) is 0 Å². The van der Waals surface area contributed by atoms with Crippen LogP contribution in [0.1, 0.15) is 50.3 Å². The number of nitrogens with one attached hydrogen (secondary N) is 1. The number of allylic oxidation sites excluding steroid dienone is 2. The fourth-order valence-corrected chi connectivity index (χ4v) is 3.11. The summed E-state index contributed by atoms with van der Waals surface area (Å²) in [6.45, 7) is 8.22. The van der Waals surface area contributed by atoms with Gasteiger partial charge in [0.05, 0.1) is 5.70 Å². The summed E-state index contributed by atoms with van der Waals surface area (Å²) < 4.78 is 0. The third-order valence-electron chi connectivity index (χ3n) is 4.80. The molecule has 1 N–H and O–H groups in total. The Labute approximate surface area is 159 Å². The molecule has 1 nitrogen and oxygen atoms in total. The maximum Gasteiger partial charge on any atom is 0.0883 e. The molecule has 3 rings (SSSR count). The quantitative estimate of drug-likeness (QED) is 0.634. The van der Waals surface area contributed by atoms with Gasteiger partial charge in [0.25, 0.3) is 0 Å². The molecule has 0 heterocycles. The van der Waals surface area contributed by atoms with E-state index in [1.54, 1.807) is 0 Å². The molecule has 26 heavy (non-hydrogen) atoms. The molecule has 0 aliphatic heterocycles. The first-order valence-corrected chi connectivity index (χ1v) is 9.67. The van der Waals surface area contributed by atoms with E-state index in [1.165, 1.54) is 47.1 Å². The van der Waals surface area contributed by atoms with Gasteiger partial charge in [-0.15, -0.1) is 6.42 Å². The molecule has 0 radical (unpaired) electrons. The zero-order valence-electron chi connectivity index (χ0n) is 16.8. The van der Waals surface area contributed by atoms with Crippen molar-refractivity contribution < 1.29 is 0 Å². The van der Waals surface area contributed by atoms with Gasteiger partial charge in [-0.1, -0.05) is 61.7 Å². The maximum absolute atomic E-state index is 5.65. The molecule has 1 aliphatic rings. The predicted molar refractivity (Wildman–Crippen MR) is 115 cm³/mol. The van der Waals surface area contributed by atoms with Crippen molar-refractivity contribution in [2.75, 3.05) is 7.05 Å². The van der Waals surface area contributed by atoms with Gasteiger partial charge >= 0.3 is 0 Å². The molecule has 136 valence electrons. The number of aryl methyl sites for hydroxylation is 1. The van der Waals surface area contributed by atoms with Crippen molar-refractivity contribution in [1.82, 2.24) is 5.32 Å². The topological polar surface area (TPSA) is 12.0 Å². The minimum absolute atomic E-state index is 0.855. The zero-order chi connectivity index (χ0) is 19.1. The van der Waals surface area contributed by atoms with Crippen LogP contribution in [0.4, 0.5) is 0 Å². The number of hydrogen-bond donors (Lipinski definition) is 1. The van der Waals surface area contributed by atoms with Crippen LogP contribution in [-0.4, -0.2) is 7.05 Å². The Morgan fingerprint density at radius 1 is 1.08 bits per heavy atom. The molecule has 2 aromatic carbocycles. The molecule has 1 saturated carbocycles. The van der Waals surface area contributed by atoms with Crippen LogP contribution < -0.4 is 5.32 Å². The third-order valence-corrected chi connectivity index (χ3v) is 4.80. The Kier molecular flexibility index (Phi) is 7.10. The van der Waals surface area contributed by atoms with E-state index < -0.39 is 0 Å². The Hall–Kier alpha value is -2.46. The van der Waals surface area contributed by atoms with Crippen molar-refractivity contribution in [2.24, 2.45) is 5.92 Å². The minimum atomic E-state index is 0.855. The number of rotatable bonds is 5. The van der Waals surface area contributed by atoms with Crippen molar-refractivity contribution in [2.45, 2.75) is 47.0 Å². The van der Waals surface area contributed by atoms with Gasteiger partial charge in [0, 0.05) is 7.05 Å². The van der Waals surface area contributed by atoms with Crippen LogP contribution in [-0.2, 0) is 6.42 Å². The summed E-state index contributed by atoms with van der Waals surface area (Å²) in [4.78, 5) is 0. The lowest BCUT2D eigenvalue weighted by molar-refractivity contribution is 0.832. The molecule has 0 unspecified atom stereocenters. The molecule has 0 atom stereocenters. The summed E-state index contributed by atoms with van der Waals surface area (Å²) in [5.41, 5.74) is 8.44. The summed E-state index contributed by atoms with van der Waals surface area (Å²) in [6, 6.07) is 15.7. The molecule has 2 aromatic rings. The van der Waals surface area contributed by atoms with Crippen molar-refractivity contribution in [3.8, 4) is 23.5 Å². The monoisotopic (exact) mass is 345 g/mol. The van der Waals surface area contributed by atoms with Crippen LogP contribution in [0.25, 0.3) is 16.7 Å². The first-order chi connectivity index (χ1) is 12.6. The van der Waals surface area contributed by atoms with E-state index in [4.69, 9.17) is 6.42 Å². The molecule has 0 aromatic heterocycles. The second kappa shape index (κ2) is 9.30. The average Bonchev–Trinajstić information content (AvgIpc) is 3.48. The van der Waals surface area contributed by atoms with Gasteiger partial charge in [-0.2, -0.15) is 0 Å². The predicted octanol–water partition coefficient (Wildman–Crippen LogP) is 6.22. The number of benzene rings is 2. The van der Waals surface area contributed by atoms with Crippen LogP contribution in [0.5, 0.6) is 0 Å². The van der Waals surface area contributed by atoms with Crippen molar-refractivity contribution in [1.29, 1.82) is 0 Å². The summed E-state index contributed by atoms with van der Waals surface area (Å²) >= 11 is 0. The minimum Gasteiger partial charge on any atom is -0.381 e. The van der Waals surface area contributed by atoms with Crippen LogP contribution in [0, 0.1) is 25.2 Å². The molecule has 1 heteroatoms. The standard InChI is InChI=1S/C23H25N.C2H6/c1-5-23(24-4)17(3)21-13-19(12-18-8-9-18)14-22(15-21)20-10-6-16(2)7-11-20;1-2/h1,6-7,10-11,13-15,18,24H,8-9,12H2,2-4H3;1-2H3/b23-17+;. The van der Waals surface area contributed by atoms with E-state index in [0.29, 0.717) is 0 Å². The van der Waals surface area contributed by atoms with E-state index in [1.807, 2.05) is 20.9 Å². The molecular weight excluding hydrogens is 314 g/mol. The molecule has 0 bridgehead atoms. The first kappa shape index (κ1) is 19.9. The summed E-state index contributed by atoms with van der Waals surface area (Å²) in [7, 11) is 1.88. The van der Waals surface area contributed by atoms with Gasteiger partial charge in [0.2, 0.25) is 0 Å². The fraction of sp³-hybridized carbons (Fsp3) is 0.360. The molecule has 0 amide bonds. The van der Waals surface area contributed by atoms with E-state index in [2.05, 4.69) is 67.5 Å². The highest BCUT2D eigenvalue weighted by molar-refractivity contribution is 5.76. The van der Waals surface area contributed by atoms with Crippen LogP contribution in [0.15, 0.2) is 48.2 Å². The average molecular weight is 346 g/mol. The zero-order valence-corrected chi connectivity index (χ0v) is 16.8. The van der Waals surface area contributed by atoms with Gasteiger partial charge in [0.15, 0.2) is 0 Å². The van der Waals surface area contributed by atoms with Crippen molar-refractivity contribution in [3.05, 3.63) is 64.9 Å². The van der Waals surface area contributed by atoms with Crippen molar-refractivity contribution in [3.63, 3.8) is 0 Å². The molecule has 0 saturated heterocycles. The van der Waals surface area contributed by atoms with Gasteiger partial charge in [-0.25, -0.2) is 0 Å². The summed E-state index contributed by atoms with van der Waals surface area (Å²) in [5, 5.41) is 3.13. The Bertz CT molecular complexity index is 799. The van der Waals surface area contributed by atoms with Crippen LogP contribution in [0.3, 0.4) is 0 Å². The highest BCUT2D eigenvalue weighted by Gasteiger charge is 2.22. The van der Waals surface area contributed by atoms with Gasteiger partial charge in [-0.3, -0.25) is 0 Å². The van der Waals surface area contributed by atoms with Gasteiger partial charge in [-0.05, 0) is 72.9 Å². The molecular formula is C25H31N. The Balaban J connectivity index is 0.00000117. The Morgan fingerprint density at radius 3 is 2.27 bits per heavy atom. The fourth-order valence-electron chi connectivity index (χ4n) is 3.11. The molecule has 1 fully saturated rings. The van der Waals surface area contributed by atoms with E-state index in [-0.39, 0.29) is 0 Å². The van der Waals surface area contributed by atoms with Crippen LogP contribution >= 0.6 is 0 Å². The number of terminal acetylenes is 1. The maximum atomic E-state index is 5.65. The molecule has 0 spiro atoms. The van der Waals surface area contributed by atoms with Crippen LogP contribution in [0.2, 0.25) is 0 Å². The normalized spacial score (nSPS) is 13.8.